The molecule has 1 N–H and O–H groups in total. The summed E-state index contributed by atoms with van der Waals surface area (Å²) in [4.78, 5) is 0. The van der Waals surface area contributed by atoms with Crippen molar-refractivity contribution < 1.29 is 8.42 Å². The summed E-state index contributed by atoms with van der Waals surface area (Å²) in [5, 5.41) is 7.53. The number of rotatable bonds is 5. The predicted octanol–water partition coefficient (Wildman–Crippen LogP) is 1.14. The van der Waals surface area contributed by atoms with Gasteiger partial charge in [0.1, 0.15) is 9.84 Å². The quantitative estimate of drug-likeness (QED) is 0.881. The average molecular weight is 285 g/mol. The van der Waals surface area contributed by atoms with Crippen LogP contribution in [0.15, 0.2) is 12.4 Å². The second kappa shape index (κ2) is 6.05. The van der Waals surface area contributed by atoms with Crippen molar-refractivity contribution in [1.82, 2.24) is 15.1 Å². The molecule has 1 aromatic heterocycles. The number of aryl methyl sites for hydroxylation is 1. The van der Waals surface area contributed by atoms with E-state index in [1.165, 1.54) is 6.26 Å². The molecule has 0 bridgehead atoms. The molecule has 2 unspecified atom stereocenters. The summed E-state index contributed by atoms with van der Waals surface area (Å²) in [6.07, 6.45) is 8.85. The van der Waals surface area contributed by atoms with Gasteiger partial charge in [0, 0.05) is 25.0 Å². The third kappa shape index (κ3) is 4.31. The van der Waals surface area contributed by atoms with Crippen LogP contribution in [0.3, 0.4) is 0 Å². The predicted molar refractivity (Wildman–Crippen MR) is 75.9 cm³/mol. The lowest BCUT2D eigenvalue weighted by Gasteiger charge is -2.28. The molecule has 1 heterocycles. The Kier molecular flexibility index (Phi) is 4.62. The van der Waals surface area contributed by atoms with Crippen LogP contribution in [0.5, 0.6) is 0 Å². The first-order chi connectivity index (χ1) is 8.95. The molecule has 19 heavy (non-hydrogen) atoms. The molecule has 0 amide bonds. The highest BCUT2D eigenvalue weighted by Gasteiger charge is 2.28. The number of hydrogen-bond donors (Lipinski definition) is 1. The molecule has 108 valence electrons. The molecule has 1 saturated carbocycles. The normalized spacial score (nSPS) is 24.5. The van der Waals surface area contributed by atoms with E-state index in [0.717, 1.165) is 44.3 Å². The molecular weight excluding hydrogens is 262 g/mol. The van der Waals surface area contributed by atoms with E-state index in [4.69, 9.17) is 0 Å². The minimum absolute atomic E-state index is 0.161. The summed E-state index contributed by atoms with van der Waals surface area (Å²) in [7, 11) is -2.89. The Morgan fingerprint density at radius 2 is 2.26 bits per heavy atom. The molecule has 2 atom stereocenters. The Bertz CT molecular complexity index is 510. The summed E-state index contributed by atoms with van der Waals surface area (Å²) in [5.41, 5.74) is 1.16. The van der Waals surface area contributed by atoms with Gasteiger partial charge in [0.25, 0.3) is 0 Å². The van der Waals surface area contributed by atoms with Crippen LogP contribution in [0.25, 0.3) is 0 Å². The maximum absolute atomic E-state index is 11.6. The molecular formula is C13H23N3O2S. The van der Waals surface area contributed by atoms with Crippen molar-refractivity contribution in [2.45, 2.75) is 50.4 Å². The van der Waals surface area contributed by atoms with E-state index in [9.17, 15) is 8.42 Å². The van der Waals surface area contributed by atoms with E-state index < -0.39 is 9.84 Å². The Hall–Kier alpha value is -0.880. The summed E-state index contributed by atoms with van der Waals surface area (Å²) in [6.45, 7) is 3.69. The number of sulfone groups is 1. The van der Waals surface area contributed by atoms with Crippen LogP contribution in [0.2, 0.25) is 0 Å². The van der Waals surface area contributed by atoms with Gasteiger partial charge in [-0.15, -0.1) is 0 Å². The topological polar surface area (TPSA) is 64.0 Å². The van der Waals surface area contributed by atoms with Gasteiger partial charge in [-0.25, -0.2) is 8.42 Å². The number of nitrogens with zero attached hydrogens (tertiary/aromatic N) is 2. The lowest BCUT2D eigenvalue weighted by atomic mass is 9.95. The minimum Gasteiger partial charge on any atom is -0.312 e. The number of hydrogen-bond acceptors (Lipinski definition) is 4. The molecule has 5 nitrogen and oxygen atoms in total. The molecule has 0 aliphatic heterocycles. The van der Waals surface area contributed by atoms with Gasteiger partial charge in [-0.2, -0.15) is 5.10 Å². The third-order valence-corrected chi connectivity index (χ3v) is 5.41. The minimum atomic E-state index is -2.89. The summed E-state index contributed by atoms with van der Waals surface area (Å²) in [6, 6.07) is 0.324. The third-order valence-electron chi connectivity index (χ3n) is 3.77. The molecule has 0 saturated heterocycles. The zero-order chi connectivity index (χ0) is 13.9. The second-order valence-corrected chi connectivity index (χ2v) is 7.88. The Morgan fingerprint density at radius 1 is 1.47 bits per heavy atom. The molecule has 0 aromatic carbocycles. The molecule has 0 spiro atoms. The van der Waals surface area contributed by atoms with Crippen molar-refractivity contribution in [2.75, 3.05) is 12.8 Å². The van der Waals surface area contributed by atoms with Crippen LogP contribution in [-0.2, 0) is 16.4 Å². The monoisotopic (exact) mass is 285 g/mol. The highest BCUT2D eigenvalue weighted by molar-refractivity contribution is 7.91. The first kappa shape index (κ1) is 14.5. The first-order valence-corrected chi connectivity index (χ1v) is 8.82. The van der Waals surface area contributed by atoms with Gasteiger partial charge in [0.15, 0.2) is 0 Å². The van der Waals surface area contributed by atoms with Crippen LogP contribution >= 0.6 is 0 Å². The largest absolute Gasteiger partial charge is 0.312 e. The van der Waals surface area contributed by atoms with E-state index in [1.807, 2.05) is 24.0 Å². The SMILES string of the molecule is Cc1cnn(CCNC2CCCC(S(C)(=O)=O)C2)c1. The van der Waals surface area contributed by atoms with Crippen molar-refractivity contribution in [3.8, 4) is 0 Å². The fraction of sp³-hybridized carbons (Fsp3) is 0.769. The van der Waals surface area contributed by atoms with Gasteiger partial charge >= 0.3 is 0 Å². The Labute approximate surface area is 115 Å². The molecule has 2 rings (SSSR count). The lowest BCUT2D eigenvalue weighted by Crippen LogP contribution is -2.40. The molecule has 1 aliphatic carbocycles. The van der Waals surface area contributed by atoms with Crippen molar-refractivity contribution in [3.63, 3.8) is 0 Å². The Morgan fingerprint density at radius 3 is 2.89 bits per heavy atom. The summed E-state index contributed by atoms with van der Waals surface area (Å²) >= 11 is 0. The molecule has 1 fully saturated rings. The highest BCUT2D eigenvalue weighted by atomic mass is 32.2. The van der Waals surface area contributed by atoms with Gasteiger partial charge in [-0.1, -0.05) is 6.42 Å². The van der Waals surface area contributed by atoms with Crippen molar-refractivity contribution in [1.29, 1.82) is 0 Å². The van der Waals surface area contributed by atoms with E-state index in [2.05, 4.69) is 10.4 Å². The Balaban J connectivity index is 1.77. The van der Waals surface area contributed by atoms with Crippen LogP contribution in [0, 0.1) is 6.92 Å². The fourth-order valence-corrected chi connectivity index (χ4v) is 3.87. The van der Waals surface area contributed by atoms with Crippen LogP contribution < -0.4 is 5.32 Å². The van der Waals surface area contributed by atoms with E-state index in [0.29, 0.717) is 6.04 Å². The smallest absolute Gasteiger partial charge is 0.150 e. The maximum Gasteiger partial charge on any atom is 0.150 e. The molecule has 1 aromatic rings. The van der Waals surface area contributed by atoms with Gasteiger partial charge in [0.2, 0.25) is 0 Å². The van der Waals surface area contributed by atoms with Crippen molar-refractivity contribution >= 4 is 9.84 Å². The molecule has 6 heteroatoms. The second-order valence-electron chi connectivity index (χ2n) is 5.55. The molecule has 1 aliphatic rings. The van der Waals surface area contributed by atoms with E-state index in [1.54, 1.807) is 0 Å². The van der Waals surface area contributed by atoms with E-state index >= 15 is 0 Å². The van der Waals surface area contributed by atoms with Gasteiger partial charge in [-0.05, 0) is 31.7 Å². The van der Waals surface area contributed by atoms with E-state index in [-0.39, 0.29) is 5.25 Å². The average Bonchev–Trinajstić information content (AvgIpc) is 2.74. The number of nitrogens with one attached hydrogen (secondary N) is 1. The zero-order valence-electron chi connectivity index (χ0n) is 11.7. The zero-order valence-corrected chi connectivity index (χ0v) is 12.5. The van der Waals surface area contributed by atoms with Gasteiger partial charge in [0.05, 0.1) is 18.0 Å². The van der Waals surface area contributed by atoms with Crippen molar-refractivity contribution in [3.05, 3.63) is 18.0 Å². The van der Waals surface area contributed by atoms with Crippen LogP contribution in [-0.4, -0.2) is 42.3 Å². The summed E-state index contributed by atoms with van der Waals surface area (Å²) < 4.78 is 25.1. The summed E-state index contributed by atoms with van der Waals surface area (Å²) in [5.74, 6) is 0. The maximum atomic E-state index is 11.6. The number of aromatic nitrogens is 2. The van der Waals surface area contributed by atoms with Gasteiger partial charge in [-0.3, -0.25) is 4.68 Å². The van der Waals surface area contributed by atoms with Gasteiger partial charge < -0.3 is 5.32 Å². The van der Waals surface area contributed by atoms with Crippen LogP contribution in [0.1, 0.15) is 31.2 Å². The van der Waals surface area contributed by atoms with Crippen molar-refractivity contribution in [2.24, 2.45) is 0 Å². The first-order valence-electron chi connectivity index (χ1n) is 6.86. The molecule has 0 radical (unpaired) electrons. The fourth-order valence-electron chi connectivity index (χ4n) is 2.69. The lowest BCUT2D eigenvalue weighted by molar-refractivity contribution is 0.364. The standard InChI is InChI=1S/C13H23N3O2S/c1-11-9-15-16(10-11)7-6-14-12-4-3-5-13(8-12)19(2,17)18/h9-10,12-14H,3-8H2,1-2H3. The van der Waals surface area contributed by atoms with Crippen LogP contribution in [0.4, 0.5) is 0 Å². The highest BCUT2D eigenvalue weighted by Crippen LogP contribution is 2.23.